The second kappa shape index (κ2) is 5.54. The highest BCUT2D eigenvalue weighted by Gasteiger charge is 2.14. The predicted molar refractivity (Wildman–Crippen MR) is 92.3 cm³/mol. The van der Waals surface area contributed by atoms with Crippen molar-refractivity contribution in [2.75, 3.05) is 0 Å². The molecule has 4 heteroatoms. The maximum absolute atomic E-state index is 4.58. The van der Waals surface area contributed by atoms with E-state index in [2.05, 4.69) is 63.3 Å². The van der Waals surface area contributed by atoms with Crippen molar-refractivity contribution in [1.29, 1.82) is 0 Å². The van der Waals surface area contributed by atoms with Gasteiger partial charge in [0.25, 0.3) is 0 Å². The van der Waals surface area contributed by atoms with Gasteiger partial charge in [0.2, 0.25) is 4.80 Å². The molecule has 1 aliphatic carbocycles. The number of fused-ring (bicyclic) bond motifs is 2. The van der Waals surface area contributed by atoms with Gasteiger partial charge in [-0.1, -0.05) is 47.7 Å². The molecule has 0 bridgehead atoms. The fourth-order valence-corrected chi connectivity index (χ4v) is 3.96. The summed E-state index contributed by atoms with van der Waals surface area (Å²) in [6, 6.07) is 16.9. The zero-order valence-corrected chi connectivity index (χ0v) is 13.3. The second-order valence-corrected chi connectivity index (χ2v) is 6.58. The van der Waals surface area contributed by atoms with Gasteiger partial charge in [0.1, 0.15) is 0 Å². The number of para-hydroxylation sites is 1. The fraction of sp³-hybridized carbons (Fsp3) is 0.222. The van der Waals surface area contributed by atoms with Crippen LogP contribution in [0, 0.1) is 0 Å². The molecular weight excluding hydrogens is 290 g/mol. The molecule has 2 aromatic carbocycles. The van der Waals surface area contributed by atoms with E-state index in [-0.39, 0.29) is 0 Å². The van der Waals surface area contributed by atoms with Gasteiger partial charge in [0.05, 0.1) is 15.9 Å². The predicted octanol–water partition coefficient (Wildman–Crippen LogP) is 3.88. The first kappa shape index (κ1) is 13.5. The molecular formula is C18H17N3S. The molecule has 4 rings (SSSR count). The number of thiazole rings is 1. The standard InChI is InChI=1S/C18H17N3S/c1-21-16-11-4-5-12-17(16)22-18(21)20-19-15-10-6-8-13-7-2-3-9-14(13)15/h2-5,7,9,11-12H,6,8,10H2,1H3/b19-15-,20-18+. The van der Waals surface area contributed by atoms with Crippen LogP contribution in [-0.4, -0.2) is 10.3 Å². The van der Waals surface area contributed by atoms with Gasteiger partial charge in [-0.05, 0) is 37.0 Å². The Kier molecular flexibility index (Phi) is 3.39. The topological polar surface area (TPSA) is 29.6 Å². The van der Waals surface area contributed by atoms with Crippen molar-refractivity contribution in [3.63, 3.8) is 0 Å². The summed E-state index contributed by atoms with van der Waals surface area (Å²) >= 11 is 1.68. The SMILES string of the molecule is Cn1/c(=N\N=C2\CCCc3ccccc32)sc2ccccc21. The molecule has 0 spiro atoms. The highest BCUT2D eigenvalue weighted by molar-refractivity contribution is 7.16. The maximum Gasteiger partial charge on any atom is 0.211 e. The third kappa shape index (κ3) is 2.29. The van der Waals surface area contributed by atoms with Crippen molar-refractivity contribution >= 4 is 27.3 Å². The molecule has 0 amide bonds. The van der Waals surface area contributed by atoms with Crippen molar-refractivity contribution in [2.45, 2.75) is 19.3 Å². The van der Waals surface area contributed by atoms with E-state index in [1.165, 1.54) is 21.3 Å². The molecule has 1 aliphatic rings. The number of hydrogen-bond donors (Lipinski definition) is 0. The molecule has 0 saturated heterocycles. The molecule has 0 radical (unpaired) electrons. The van der Waals surface area contributed by atoms with Crippen LogP contribution in [0.25, 0.3) is 10.2 Å². The van der Waals surface area contributed by atoms with Gasteiger partial charge < -0.3 is 4.57 Å². The molecule has 0 atom stereocenters. The zero-order valence-electron chi connectivity index (χ0n) is 12.5. The third-order valence-corrected chi connectivity index (χ3v) is 5.26. The van der Waals surface area contributed by atoms with Gasteiger partial charge in [0.15, 0.2) is 0 Å². The summed E-state index contributed by atoms with van der Waals surface area (Å²) in [7, 11) is 2.05. The molecule has 22 heavy (non-hydrogen) atoms. The number of benzene rings is 2. The van der Waals surface area contributed by atoms with E-state index in [1.807, 2.05) is 7.05 Å². The number of hydrogen-bond acceptors (Lipinski definition) is 3. The van der Waals surface area contributed by atoms with Crippen LogP contribution in [0.5, 0.6) is 0 Å². The Morgan fingerprint density at radius 2 is 1.77 bits per heavy atom. The molecule has 0 N–H and O–H groups in total. The summed E-state index contributed by atoms with van der Waals surface area (Å²) in [5.74, 6) is 0. The molecule has 3 aromatic rings. The van der Waals surface area contributed by atoms with Crippen LogP contribution in [-0.2, 0) is 13.5 Å². The minimum Gasteiger partial charge on any atom is -0.318 e. The summed E-state index contributed by atoms with van der Waals surface area (Å²) in [6.45, 7) is 0. The van der Waals surface area contributed by atoms with Gasteiger partial charge in [-0.3, -0.25) is 0 Å². The van der Waals surface area contributed by atoms with Crippen molar-refractivity contribution in [3.05, 3.63) is 64.5 Å². The summed E-state index contributed by atoms with van der Waals surface area (Å²) < 4.78 is 3.35. The molecule has 1 heterocycles. The smallest absolute Gasteiger partial charge is 0.211 e. The van der Waals surface area contributed by atoms with Gasteiger partial charge in [-0.2, -0.15) is 5.10 Å². The van der Waals surface area contributed by atoms with Crippen LogP contribution in [0.4, 0.5) is 0 Å². The lowest BCUT2D eigenvalue weighted by Gasteiger charge is -2.16. The van der Waals surface area contributed by atoms with E-state index in [4.69, 9.17) is 0 Å². The Morgan fingerprint density at radius 1 is 0.955 bits per heavy atom. The van der Waals surface area contributed by atoms with Crippen LogP contribution in [0.1, 0.15) is 24.0 Å². The first-order valence-electron chi connectivity index (χ1n) is 7.56. The largest absolute Gasteiger partial charge is 0.318 e. The molecule has 110 valence electrons. The van der Waals surface area contributed by atoms with Gasteiger partial charge in [-0.15, -0.1) is 5.10 Å². The summed E-state index contributed by atoms with van der Waals surface area (Å²) in [5, 5.41) is 9.12. The quantitative estimate of drug-likeness (QED) is 0.611. The molecule has 0 fully saturated rings. The number of rotatable bonds is 1. The lowest BCUT2D eigenvalue weighted by atomic mass is 9.90. The fourth-order valence-electron chi connectivity index (χ4n) is 2.99. The summed E-state index contributed by atoms with van der Waals surface area (Å²) in [6.07, 6.45) is 3.31. The van der Waals surface area contributed by atoms with Crippen molar-refractivity contribution < 1.29 is 0 Å². The first-order chi connectivity index (χ1) is 10.8. The van der Waals surface area contributed by atoms with Crippen molar-refractivity contribution in [3.8, 4) is 0 Å². The molecule has 0 unspecified atom stereocenters. The highest BCUT2D eigenvalue weighted by atomic mass is 32.1. The number of aromatic nitrogens is 1. The average molecular weight is 307 g/mol. The summed E-state index contributed by atoms with van der Waals surface area (Å²) in [5.41, 5.74) is 4.97. The van der Waals surface area contributed by atoms with Crippen molar-refractivity contribution in [1.82, 2.24) is 4.57 Å². The van der Waals surface area contributed by atoms with Gasteiger partial charge in [0, 0.05) is 12.6 Å². The van der Waals surface area contributed by atoms with E-state index >= 15 is 0 Å². The number of nitrogens with zero attached hydrogens (tertiary/aromatic N) is 3. The maximum atomic E-state index is 4.58. The first-order valence-corrected chi connectivity index (χ1v) is 8.38. The van der Waals surface area contributed by atoms with E-state index in [1.54, 1.807) is 11.3 Å². The Balaban J connectivity index is 1.82. The van der Waals surface area contributed by atoms with Crippen LogP contribution < -0.4 is 4.80 Å². The van der Waals surface area contributed by atoms with E-state index in [0.29, 0.717) is 0 Å². The van der Waals surface area contributed by atoms with Gasteiger partial charge in [-0.25, -0.2) is 0 Å². The molecule has 0 saturated carbocycles. The lowest BCUT2D eigenvalue weighted by Crippen LogP contribution is -2.13. The Morgan fingerprint density at radius 3 is 2.68 bits per heavy atom. The van der Waals surface area contributed by atoms with E-state index < -0.39 is 0 Å². The van der Waals surface area contributed by atoms with Crippen LogP contribution >= 0.6 is 11.3 Å². The van der Waals surface area contributed by atoms with Crippen LogP contribution in [0.3, 0.4) is 0 Å². The van der Waals surface area contributed by atoms with E-state index in [0.717, 1.165) is 29.8 Å². The molecule has 0 aliphatic heterocycles. The Labute approximate surface area is 133 Å². The second-order valence-electron chi connectivity index (χ2n) is 5.57. The van der Waals surface area contributed by atoms with Crippen molar-refractivity contribution in [2.24, 2.45) is 17.3 Å². The van der Waals surface area contributed by atoms with E-state index in [9.17, 15) is 0 Å². The third-order valence-electron chi connectivity index (χ3n) is 4.16. The zero-order chi connectivity index (χ0) is 14.9. The lowest BCUT2D eigenvalue weighted by molar-refractivity contribution is 0.828. The Bertz CT molecular complexity index is 931. The monoisotopic (exact) mass is 307 g/mol. The molecule has 3 nitrogen and oxygen atoms in total. The number of aryl methyl sites for hydroxylation is 2. The average Bonchev–Trinajstić information content (AvgIpc) is 2.89. The molecule has 1 aromatic heterocycles. The normalized spacial score (nSPS) is 17.1. The Hall–Kier alpha value is -2.20. The summed E-state index contributed by atoms with van der Waals surface area (Å²) in [4.78, 5) is 0.941. The highest BCUT2D eigenvalue weighted by Crippen LogP contribution is 2.21. The minimum absolute atomic E-state index is 0.941. The van der Waals surface area contributed by atoms with Crippen LogP contribution in [0.15, 0.2) is 58.7 Å². The minimum atomic E-state index is 0.941. The van der Waals surface area contributed by atoms with Crippen LogP contribution in [0.2, 0.25) is 0 Å². The van der Waals surface area contributed by atoms with Gasteiger partial charge >= 0.3 is 0 Å².